The lowest BCUT2D eigenvalue weighted by atomic mass is 10.2. The summed E-state index contributed by atoms with van der Waals surface area (Å²) in [6.45, 7) is 2.26. The molecule has 0 atom stereocenters. The smallest absolute Gasteiger partial charge is 0.292 e. The fourth-order valence-electron chi connectivity index (χ4n) is 2.32. The van der Waals surface area contributed by atoms with Crippen LogP contribution in [0.3, 0.4) is 0 Å². The van der Waals surface area contributed by atoms with Gasteiger partial charge in [0, 0.05) is 0 Å². The van der Waals surface area contributed by atoms with Crippen LogP contribution in [0, 0.1) is 0 Å². The molecule has 0 saturated heterocycles. The molecule has 0 fully saturated rings. The molecule has 0 aliphatic heterocycles. The van der Waals surface area contributed by atoms with E-state index in [0.717, 1.165) is 0 Å². The third-order valence-electron chi connectivity index (χ3n) is 3.60. The van der Waals surface area contributed by atoms with Crippen LogP contribution in [-0.2, 0) is 0 Å². The number of phenolic OH excluding ortho intramolecular Hbond substituents is 1. The van der Waals surface area contributed by atoms with Gasteiger partial charge in [-0.1, -0.05) is 29.8 Å². The molecule has 138 valence electrons. The van der Waals surface area contributed by atoms with E-state index in [4.69, 9.17) is 16.3 Å². The Kier molecular flexibility index (Phi) is 5.73. The Labute approximate surface area is 160 Å². The fourth-order valence-corrected chi connectivity index (χ4v) is 2.49. The van der Waals surface area contributed by atoms with E-state index >= 15 is 0 Å². The van der Waals surface area contributed by atoms with Crippen LogP contribution < -0.4 is 15.7 Å². The van der Waals surface area contributed by atoms with E-state index < -0.39 is 5.56 Å². The number of hydrazone groups is 1. The summed E-state index contributed by atoms with van der Waals surface area (Å²) in [6, 6.07) is 13.8. The van der Waals surface area contributed by atoms with Gasteiger partial charge in [-0.15, -0.1) is 0 Å². The van der Waals surface area contributed by atoms with Crippen molar-refractivity contribution in [3.63, 3.8) is 0 Å². The minimum absolute atomic E-state index is 0.0216. The maximum absolute atomic E-state index is 12.4. The standard InChI is InChI=1S/C19H17ClN4O3/c1-2-27-17-10-13(8-9-16(17)25)11-21-23-15-12-22-24(19(26)18(15)20)14-6-4-3-5-7-14/h3-12,23,25H,2H2,1H3/b21-11+. The highest BCUT2D eigenvalue weighted by atomic mass is 35.5. The second-order valence-corrected chi connectivity index (χ2v) is 5.83. The average Bonchev–Trinajstić information content (AvgIpc) is 2.68. The highest BCUT2D eigenvalue weighted by molar-refractivity contribution is 6.32. The number of aromatic nitrogens is 2. The van der Waals surface area contributed by atoms with Crippen LogP contribution in [-0.4, -0.2) is 27.7 Å². The van der Waals surface area contributed by atoms with Gasteiger partial charge in [0.25, 0.3) is 5.56 Å². The van der Waals surface area contributed by atoms with Crippen molar-refractivity contribution in [1.29, 1.82) is 0 Å². The first kappa shape index (κ1) is 18.5. The Morgan fingerprint density at radius 3 is 2.81 bits per heavy atom. The topological polar surface area (TPSA) is 88.7 Å². The molecule has 0 unspecified atom stereocenters. The molecule has 27 heavy (non-hydrogen) atoms. The minimum atomic E-state index is -0.452. The van der Waals surface area contributed by atoms with Crippen LogP contribution in [0.2, 0.25) is 5.02 Å². The molecule has 0 amide bonds. The average molecular weight is 385 g/mol. The number of hydrogen-bond acceptors (Lipinski definition) is 6. The molecule has 0 spiro atoms. The Morgan fingerprint density at radius 1 is 1.30 bits per heavy atom. The highest BCUT2D eigenvalue weighted by Crippen LogP contribution is 2.26. The number of nitrogens with one attached hydrogen (secondary N) is 1. The predicted molar refractivity (Wildman–Crippen MR) is 105 cm³/mol. The van der Waals surface area contributed by atoms with Crippen molar-refractivity contribution in [3.05, 3.63) is 75.7 Å². The number of hydrogen-bond donors (Lipinski definition) is 2. The summed E-state index contributed by atoms with van der Waals surface area (Å²) in [7, 11) is 0. The number of aromatic hydroxyl groups is 1. The lowest BCUT2D eigenvalue weighted by Gasteiger charge is -2.08. The monoisotopic (exact) mass is 384 g/mol. The minimum Gasteiger partial charge on any atom is -0.504 e. The van der Waals surface area contributed by atoms with Gasteiger partial charge in [-0.3, -0.25) is 10.2 Å². The number of benzene rings is 2. The van der Waals surface area contributed by atoms with E-state index in [2.05, 4.69) is 15.6 Å². The summed E-state index contributed by atoms with van der Waals surface area (Å²) < 4.78 is 6.54. The first-order valence-corrected chi connectivity index (χ1v) is 8.56. The van der Waals surface area contributed by atoms with E-state index in [1.807, 2.05) is 25.1 Å². The molecule has 2 N–H and O–H groups in total. The second-order valence-electron chi connectivity index (χ2n) is 5.45. The molecule has 0 radical (unpaired) electrons. The third-order valence-corrected chi connectivity index (χ3v) is 3.97. The molecule has 0 saturated carbocycles. The van der Waals surface area contributed by atoms with Crippen LogP contribution in [0.1, 0.15) is 12.5 Å². The largest absolute Gasteiger partial charge is 0.504 e. The van der Waals surface area contributed by atoms with Gasteiger partial charge in [0.2, 0.25) is 0 Å². The predicted octanol–water partition coefficient (Wildman–Crippen LogP) is 3.44. The Hall–Kier alpha value is -3.32. The fraction of sp³-hybridized carbons (Fsp3) is 0.105. The quantitative estimate of drug-likeness (QED) is 0.502. The van der Waals surface area contributed by atoms with Gasteiger partial charge >= 0.3 is 0 Å². The van der Waals surface area contributed by atoms with Gasteiger partial charge < -0.3 is 9.84 Å². The number of halogens is 1. The van der Waals surface area contributed by atoms with Crippen molar-refractivity contribution in [2.75, 3.05) is 12.0 Å². The maximum atomic E-state index is 12.4. The molecule has 0 aliphatic carbocycles. The number of nitrogens with zero attached hydrogens (tertiary/aromatic N) is 3. The Balaban J connectivity index is 1.79. The lowest BCUT2D eigenvalue weighted by molar-refractivity contribution is 0.318. The van der Waals surface area contributed by atoms with Crippen molar-refractivity contribution in [2.24, 2.45) is 5.10 Å². The van der Waals surface area contributed by atoms with Crippen LogP contribution in [0.15, 0.2) is 64.6 Å². The van der Waals surface area contributed by atoms with E-state index in [1.54, 1.807) is 24.3 Å². The summed E-state index contributed by atoms with van der Waals surface area (Å²) in [5, 5.41) is 17.9. The maximum Gasteiger partial charge on any atom is 0.292 e. The van der Waals surface area contributed by atoms with Crippen molar-refractivity contribution in [1.82, 2.24) is 9.78 Å². The van der Waals surface area contributed by atoms with Gasteiger partial charge in [0.15, 0.2) is 11.5 Å². The second kappa shape index (κ2) is 8.37. The molecule has 3 aromatic rings. The Morgan fingerprint density at radius 2 is 2.07 bits per heavy atom. The van der Waals surface area contributed by atoms with Gasteiger partial charge in [-0.2, -0.15) is 14.9 Å². The van der Waals surface area contributed by atoms with E-state index in [1.165, 1.54) is 23.2 Å². The molecular weight excluding hydrogens is 368 g/mol. The highest BCUT2D eigenvalue weighted by Gasteiger charge is 2.10. The number of para-hydroxylation sites is 1. The van der Waals surface area contributed by atoms with E-state index in [9.17, 15) is 9.90 Å². The zero-order valence-electron chi connectivity index (χ0n) is 14.5. The molecule has 3 rings (SSSR count). The number of anilines is 1. The van der Waals surface area contributed by atoms with Crippen molar-refractivity contribution in [2.45, 2.75) is 6.92 Å². The first-order chi connectivity index (χ1) is 13.1. The summed E-state index contributed by atoms with van der Waals surface area (Å²) in [4.78, 5) is 12.4. The molecule has 0 bridgehead atoms. The molecule has 0 aliphatic rings. The number of rotatable bonds is 6. The normalized spacial score (nSPS) is 10.9. The Bertz CT molecular complexity index is 1020. The summed E-state index contributed by atoms with van der Waals surface area (Å²) in [6.07, 6.45) is 2.94. The SMILES string of the molecule is CCOc1cc(/C=N/Nc2cnn(-c3ccccc3)c(=O)c2Cl)ccc1O. The van der Waals surface area contributed by atoms with Crippen LogP contribution in [0.4, 0.5) is 5.69 Å². The third kappa shape index (κ3) is 4.27. The molecule has 1 aromatic heterocycles. The summed E-state index contributed by atoms with van der Waals surface area (Å²) in [5.74, 6) is 0.422. The van der Waals surface area contributed by atoms with Crippen LogP contribution in [0.5, 0.6) is 11.5 Å². The lowest BCUT2D eigenvalue weighted by Crippen LogP contribution is -2.22. The molecule has 1 heterocycles. The van der Waals surface area contributed by atoms with Crippen LogP contribution >= 0.6 is 11.6 Å². The van der Waals surface area contributed by atoms with Crippen molar-refractivity contribution < 1.29 is 9.84 Å². The molecule has 8 heteroatoms. The summed E-state index contributed by atoms with van der Waals surface area (Å²) >= 11 is 6.15. The molecule has 7 nitrogen and oxygen atoms in total. The van der Waals surface area contributed by atoms with Gasteiger partial charge in [0.1, 0.15) is 10.7 Å². The van der Waals surface area contributed by atoms with Crippen molar-refractivity contribution >= 4 is 23.5 Å². The zero-order chi connectivity index (χ0) is 19.2. The summed E-state index contributed by atoms with van der Waals surface area (Å²) in [5.41, 5.74) is 3.86. The van der Waals surface area contributed by atoms with Crippen molar-refractivity contribution in [3.8, 4) is 17.2 Å². The number of ether oxygens (including phenoxy) is 1. The zero-order valence-corrected chi connectivity index (χ0v) is 15.2. The number of phenols is 1. The van der Waals surface area contributed by atoms with Gasteiger partial charge in [-0.25, -0.2) is 0 Å². The first-order valence-electron chi connectivity index (χ1n) is 8.18. The van der Waals surface area contributed by atoms with Gasteiger partial charge in [0.05, 0.1) is 24.7 Å². The molecular formula is C19H17ClN4O3. The van der Waals surface area contributed by atoms with E-state index in [-0.39, 0.29) is 16.5 Å². The van der Waals surface area contributed by atoms with Gasteiger partial charge in [-0.05, 0) is 42.8 Å². The van der Waals surface area contributed by atoms with E-state index in [0.29, 0.717) is 23.6 Å². The van der Waals surface area contributed by atoms with Crippen LogP contribution in [0.25, 0.3) is 5.69 Å². The molecule has 2 aromatic carbocycles.